The number of nitrogens with zero attached hydrogens (tertiary/aromatic N) is 1. The number of hydrogen-bond acceptors (Lipinski definition) is 2. The van der Waals surface area contributed by atoms with Crippen molar-refractivity contribution in [2.75, 3.05) is 19.7 Å². The van der Waals surface area contributed by atoms with E-state index in [1.165, 1.54) is 38.5 Å². The van der Waals surface area contributed by atoms with Gasteiger partial charge in [0.15, 0.2) is 0 Å². The first-order chi connectivity index (χ1) is 8.29. The SMILES string of the molecule is O=C(CC1CCCCCC1)N1CCC(CO)C1. The number of aliphatic hydroxyl groups is 1. The van der Waals surface area contributed by atoms with Gasteiger partial charge in [-0.2, -0.15) is 0 Å². The maximum Gasteiger partial charge on any atom is 0.222 e. The molecule has 2 aliphatic rings. The van der Waals surface area contributed by atoms with E-state index in [9.17, 15) is 4.79 Å². The summed E-state index contributed by atoms with van der Waals surface area (Å²) in [6.45, 7) is 1.87. The Morgan fingerprint density at radius 3 is 2.35 bits per heavy atom. The lowest BCUT2D eigenvalue weighted by Gasteiger charge is -2.20. The molecule has 1 amide bonds. The zero-order valence-electron chi connectivity index (χ0n) is 10.7. The average Bonchev–Trinajstić information content (AvgIpc) is 2.68. The maximum absolute atomic E-state index is 12.1. The van der Waals surface area contributed by atoms with Crippen LogP contribution in [0.3, 0.4) is 0 Å². The third-order valence-corrected chi connectivity index (χ3v) is 4.33. The molecule has 2 fully saturated rings. The van der Waals surface area contributed by atoms with Gasteiger partial charge in [-0.25, -0.2) is 0 Å². The van der Waals surface area contributed by atoms with E-state index in [1.807, 2.05) is 4.90 Å². The van der Waals surface area contributed by atoms with Crippen molar-refractivity contribution in [3.8, 4) is 0 Å². The van der Waals surface area contributed by atoms with E-state index in [0.717, 1.165) is 25.9 Å². The zero-order chi connectivity index (χ0) is 12.1. The van der Waals surface area contributed by atoms with Crippen LogP contribution < -0.4 is 0 Å². The fourth-order valence-corrected chi connectivity index (χ4v) is 3.15. The highest BCUT2D eigenvalue weighted by Gasteiger charge is 2.27. The van der Waals surface area contributed by atoms with E-state index in [2.05, 4.69) is 0 Å². The van der Waals surface area contributed by atoms with Gasteiger partial charge in [-0.1, -0.05) is 25.7 Å². The largest absolute Gasteiger partial charge is 0.396 e. The fourth-order valence-electron chi connectivity index (χ4n) is 3.15. The van der Waals surface area contributed by atoms with Crippen LogP contribution in [-0.2, 0) is 4.79 Å². The molecule has 1 saturated carbocycles. The molecule has 1 aliphatic heterocycles. The predicted molar refractivity (Wildman–Crippen MR) is 67.6 cm³/mol. The van der Waals surface area contributed by atoms with Crippen molar-refractivity contribution in [1.29, 1.82) is 0 Å². The molecular formula is C14H25NO2. The first-order valence-corrected chi connectivity index (χ1v) is 7.18. The molecule has 0 aromatic rings. The number of aliphatic hydroxyl groups excluding tert-OH is 1. The van der Waals surface area contributed by atoms with Crippen LogP contribution in [0.1, 0.15) is 51.4 Å². The van der Waals surface area contributed by atoms with E-state index in [4.69, 9.17) is 5.11 Å². The minimum Gasteiger partial charge on any atom is -0.396 e. The van der Waals surface area contributed by atoms with Crippen LogP contribution in [0, 0.1) is 11.8 Å². The molecule has 98 valence electrons. The van der Waals surface area contributed by atoms with E-state index < -0.39 is 0 Å². The van der Waals surface area contributed by atoms with Gasteiger partial charge in [0.05, 0.1) is 0 Å². The summed E-state index contributed by atoms with van der Waals surface area (Å²) in [6, 6.07) is 0. The molecule has 0 radical (unpaired) electrons. The molecule has 3 heteroatoms. The van der Waals surface area contributed by atoms with Gasteiger partial charge in [0.2, 0.25) is 5.91 Å². The number of likely N-dealkylation sites (tertiary alicyclic amines) is 1. The minimum absolute atomic E-state index is 0.229. The molecule has 0 aromatic carbocycles. The number of rotatable bonds is 3. The quantitative estimate of drug-likeness (QED) is 0.767. The van der Waals surface area contributed by atoms with Crippen molar-refractivity contribution in [2.24, 2.45) is 11.8 Å². The van der Waals surface area contributed by atoms with Crippen LogP contribution in [0.25, 0.3) is 0 Å². The Kier molecular flexibility index (Phi) is 4.84. The van der Waals surface area contributed by atoms with Gasteiger partial charge in [0, 0.05) is 32.0 Å². The van der Waals surface area contributed by atoms with Crippen LogP contribution in [0.15, 0.2) is 0 Å². The second kappa shape index (κ2) is 6.39. The molecule has 0 bridgehead atoms. The van der Waals surface area contributed by atoms with Crippen molar-refractivity contribution in [3.63, 3.8) is 0 Å². The Labute approximate surface area is 104 Å². The van der Waals surface area contributed by atoms with Gasteiger partial charge in [-0.05, 0) is 25.2 Å². The van der Waals surface area contributed by atoms with Crippen molar-refractivity contribution in [1.82, 2.24) is 4.90 Å². The van der Waals surface area contributed by atoms with Gasteiger partial charge in [-0.15, -0.1) is 0 Å². The maximum atomic E-state index is 12.1. The first kappa shape index (κ1) is 12.9. The third kappa shape index (κ3) is 3.70. The average molecular weight is 239 g/mol. The number of amides is 1. The van der Waals surface area contributed by atoms with Crippen LogP contribution in [-0.4, -0.2) is 35.6 Å². The van der Waals surface area contributed by atoms with E-state index in [1.54, 1.807) is 0 Å². The molecule has 1 unspecified atom stereocenters. The summed E-state index contributed by atoms with van der Waals surface area (Å²) in [5.74, 6) is 1.28. The highest BCUT2D eigenvalue weighted by atomic mass is 16.3. The highest BCUT2D eigenvalue weighted by Crippen LogP contribution is 2.27. The Morgan fingerprint density at radius 1 is 1.06 bits per heavy atom. The van der Waals surface area contributed by atoms with Gasteiger partial charge < -0.3 is 10.0 Å². The van der Waals surface area contributed by atoms with E-state index in [0.29, 0.717) is 17.7 Å². The lowest BCUT2D eigenvalue weighted by atomic mass is 9.96. The smallest absolute Gasteiger partial charge is 0.222 e. The first-order valence-electron chi connectivity index (χ1n) is 7.18. The summed E-state index contributed by atoms with van der Waals surface area (Å²) in [7, 11) is 0. The molecule has 1 saturated heterocycles. The van der Waals surface area contributed by atoms with Gasteiger partial charge in [0.25, 0.3) is 0 Å². The Bertz CT molecular complexity index is 247. The minimum atomic E-state index is 0.229. The van der Waals surface area contributed by atoms with Crippen LogP contribution in [0.2, 0.25) is 0 Å². The molecule has 1 N–H and O–H groups in total. The molecule has 1 heterocycles. The molecule has 17 heavy (non-hydrogen) atoms. The molecular weight excluding hydrogens is 214 g/mol. The topological polar surface area (TPSA) is 40.5 Å². The predicted octanol–water partition coefficient (Wildman–Crippen LogP) is 2.19. The van der Waals surface area contributed by atoms with Crippen LogP contribution in [0.5, 0.6) is 0 Å². The summed E-state index contributed by atoms with van der Waals surface area (Å²) in [4.78, 5) is 14.1. The van der Waals surface area contributed by atoms with Gasteiger partial charge >= 0.3 is 0 Å². The Hall–Kier alpha value is -0.570. The molecule has 1 atom stereocenters. The van der Waals surface area contributed by atoms with E-state index in [-0.39, 0.29) is 6.61 Å². The van der Waals surface area contributed by atoms with Crippen molar-refractivity contribution in [3.05, 3.63) is 0 Å². The number of hydrogen-bond donors (Lipinski definition) is 1. The van der Waals surface area contributed by atoms with Gasteiger partial charge in [0.1, 0.15) is 0 Å². The zero-order valence-corrected chi connectivity index (χ0v) is 10.7. The van der Waals surface area contributed by atoms with Crippen molar-refractivity contribution < 1.29 is 9.90 Å². The summed E-state index contributed by atoms with van der Waals surface area (Å²) in [5.41, 5.74) is 0. The third-order valence-electron chi connectivity index (χ3n) is 4.33. The number of carbonyl (C=O) groups excluding carboxylic acids is 1. The lowest BCUT2D eigenvalue weighted by Crippen LogP contribution is -2.30. The summed E-state index contributed by atoms with van der Waals surface area (Å²) >= 11 is 0. The Morgan fingerprint density at radius 2 is 1.76 bits per heavy atom. The standard InChI is InChI=1S/C14H25NO2/c16-11-13-7-8-15(10-13)14(17)9-12-5-3-1-2-4-6-12/h12-13,16H,1-11H2. The molecule has 0 aromatic heterocycles. The second-order valence-electron chi connectivity index (χ2n) is 5.74. The Balaban J connectivity index is 1.76. The van der Waals surface area contributed by atoms with Gasteiger partial charge in [-0.3, -0.25) is 4.79 Å². The van der Waals surface area contributed by atoms with Crippen molar-refractivity contribution >= 4 is 5.91 Å². The molecule has 3 nitrogen and oxygen atoms in total. The second-order valence-corrected chi connectivity index (χ2v) is 5.74. The summed E-state index contributed by atoms with van der Waals surface area (Å²) < 4.78 is 0. The van der Waals surface area contributed by atoms with Crippen LogP contribution in [0.4, 0.5) is 0 Å². The van der Waals surface area contributed by atoms with E-state index >= 15 is 0 Å². The summed E-state index contributed by atoms with van der Waals surface area (Å²) in [5, 5.41) is 9.09. The highest BCUT2D eigenvalue weighted by molar-refractivity contribution is 5.76. The fraction of sp³-hybridized carbons (Fsp3) is 0.929. The molecule has 1 aliphatic carbocycles. The normalized spacial score (nSPS) is 27.1. The molecule has 2 rings (SSSR count). The number of carbonyl (C=O) groups is 1. The monoisotopic (exact) mass is 239 g/mol. The molecule has 0 spiro atoms. The lowest BCUT2D eigenvalue weighted by molar-refractivity contribution is -0.131. The van der Waals surface area contributed by atoms with Crippen molar-refractivity contribution in [2.45, 2.75) is 51.4 Å². The van der Waals surface area contributed by atoms with Crippen LogP contribution >= 0.6 is 0 Å². The summed E-state index contributed by atoms with van der Waals surface area (Å²) in [6.07, 6.45) is 9.51.